The number of nitrogens with zero attached hydrogens (tertiary/aromatic N) is 3. The third-order valence-electron chi connectivity index (χ3n) is 7.44. The van der Waals surface area contributed by atoms with E-state index in [0.717, 1.165) is 27.8 Å². The summed E-state index contributed by atoms with van der Waals surface area (Å²) >= 11 is 0. The van der Waals surface area contributed by atoms with E-state index in [0.29, 0.717) is 45.5 Å². The van der Waals surface area contributed by atoms with Crippen LogP contribution < -0.4 is 0 Å². The molecular weight excluding hydrogens is 498 g/mol. The number of esters is 1. The fourth-order valence-corrected chi connectivity index (χ4v) is 5.66. The molecular formula is C34H35N3O3. The van der Waals surface area contributed by atoms with Gasteiger partial charge < -0.3 is 4.74 Å². The second-order valence-electron chi connectivity index (χ2n) is 10.0. The molecule has 204 valence electrons. The second-order valence-corrected chi connectivity index (χ2v) is 10.0. The lowest BCUT2D eigenvalue weighted by molar-refractivity contribution is -0.143. The van der Waals surface area contributed by atoms with E-state index in [2.05, 4.69) is 82.8 Å². The number of carbonyl (C=O) groups excluding carboxylic acids is 2. The number of aryl methyl sites for hydroxylation is 1. The summed E-state index contributed by atoms with van der Waals surface area (Å²) in [5, 5.41) is 4.46. The van der Waals surface area contributed by atoms with E-state index < -0.39 is 5.54 Å². The highest BCUT2D eigenvalue weighted by Gasteiger charge is 2.44. The van der Waals surface area contributed by atoms with Crippen LogP contribution in [0.1, 0.15) is 48.4 Å². The van der Waals surface area contributed by atoms with Crippen molar-refractivity contribution in [2.24, 2.45) is 0 Å². The number of carbonyl (C=O) groups is 2. The number of Topliss-reactive ketones (excluding diaryl/α,β-unsaturated/α-hetero) is 1. The van der Waals surface area contributed by atoms with Crippen LogP contribution in [0.4, 0.5) is 0 Å². The highest BCUT2D eigenvalue weighted by molar-refractivity contribution is 6.00. The van der Waals surface area contributed by atoms with Crippen molar-refractivity contribution in [2.75, 3.05) is 19.7 Å². The van der Waals surface area contributed by atoms with E-state index in [1.165, 1.54) is 0 Å². The van der Waals surface area contributed by atoms with Gasteiger partial charge in [-0.25, -0.2) is 0 Å². The van der Waals surface area contributed by atoms with Crippen molar-refractivity contribution >= 4 is 17.8 Å². The number of aromatic nitrogens is 2. The molecule has 6 heteroatoms. The maximum atomic E-state index is 13.2. The molecule has 0 unspecified atom stereocenters. The SMILES string of the molecule is CCOC(=O)CCCn1cc(C=C2CN(C(c3ccccc3)(c3ccccc3)c3ccccc3)CCC2=O)cn1. The predicted octanol–water partition coefficient (Wildman–Crippen LogP) is 5.88. The normalized spacial score (nSPS) is 15.3. The van der Waals surface area contributed by atoms with Gasteiger partial charge in [0.25, 0.3) is 0 Å². The molecule has 0 bridgehead atoms. The third-order valence-corrected chi connectivity index (χ3v) is 7.44. The fourth-order valence-electron chi connectivity index (χ4n) is 5.66. The molecule has 4 aromatic rings. The van der Waals surface area contributed by atoms with Gasteiger partial charge in [-0.3, -0.25) is 19.2 Å². The summed E-state index contributed by atoms with van der Waals surface area (Å²) in [6.45, 7) is 3.96. The highest BCUT2D eigenvalue weighted by atomic mass is 16.5. The Morgan fingerprint density at radius 3 is 2.05 bits per heavy atom. The first-order chi connectivity index (χ1) is 19.6. The Kier molecular flexibility index (Phi) is 8.67. The molecule has 1 aliphatic heterocycles. The van der Waals surface area contributed by atoms with Gasteiger partial charge in [0.2, 0.25) is 0 Å². The van der Waals surface area contributed by atoms with E-state index in [9.17, 15) is 9.59 Å². The molecule has 1 saturated heterocycles. The van der Waals surface area contributed by atoms with Crippen molar-refractivity contribution in [1.82, 2.24) is 14.7 Å². The minimum absolute atomic E-state index is 0.161. The number of ether oxygens (including phenoxy) is 1. The average Bonchev–Trinajstić information content (AvgIpc) is 3.44. The first kappa shape index (κ1) is 27.3. The van der Waals surface area contributed by atoms with Crippen LogP contribution in [0.2, 0.25) is 0 Å². The average molecular weight is 534 g/mol. The van der Waals surface area contributed by atoms with E-state index >= 15 is 0 Å². The van der Waals surface area contributed by atoms with Crippen LogP contribution in [0.25, 0.3) is 6.08 Å². The standard InChI is InChI=1S/C34H35N3O3/c1-2-40-33(39)19-12-21-37-25-27(24-35-37)23-28-26-36(22-20-32(28)38)34(29-13-6-3-7-14-29,30-15-8-4-9-16-30)31-17-10-5-11-18-31/h3-11,13-18,23-25H,2,12,19-22,26H2,1H3. The Bertz CT molecular complexity index is 1350. The van der Waals surface area contributed by atoms with Gasteiger partial charge in [-0.2, -0.15) is 5.10 Å². The van der Waals surface area contributed by atoms with Crippen molar-refractivity contribution in [2.45, 2.75) is 38.3 Å². The fraction of sp³-hybridized carbons (Fsp3) is 0.265. The molecule has 0 aliphatic carbocycles. The lowest BCUT2D eigenvalue weighted by atomic mass is 9.74. The smallest absolute Gasteiger partial charge is 0.305 e. The van der Waals surface area contributed by atoms with Gasteiger partial charge in [0.15, 0.2) is 5.78 Å². The number of ketones is 1. The van der Waals surface area contributed by atoms with Crippen molar-refractivity contribution in [3.8, 4) is 0 Å². The third kappa shape index (κ3) is 5.82. The summed E-state index contributed by atoms with van der Waals surface area (Å²) < 4.78 is 6.83. The van der Waals surface area contributed by atoms with Crippen molar-refractivity contribution in [3.63, 3.8) is 0 Å². The molecule has 40 heavy (non-hydrogen) atoms. The quantitative estimate of drug-likeness (QED) is 0.145. The van der Waals surface area contributed by atoms with Crippen molar-refractivity contribution in [1.29, 1.82) is 0 Å². The largest absolute Gasteiger partial charge is 0.466 e. The Morgan fingerprint density at radius 1 is 0.925 bits per heavy atom. The Hall–Kier alpha value is -4.29. The van der Waals surface area contributed by atoms with E-state index in [1.807, 2.05) is 42.1 Å². The molecule has 3 aromatic carbocycles. The number of benzene rings is 3. The number of likely N-dealkylation sites (tertiary alicyclic amines) is 1. The van der Waals surface area contributed by atoms with Crippen LogP contribution >= 0.6 is 0 Å². The molecule has 0 spiro atoms. The minimum atomic E-state index is -0.569. The highest BCUT2D eigenvalue weighted by Crippen LogP contribution is 2.44. The van der Waals surface area contributed by atoms with Crippen molar-refractivity contribution < 1.29 is 14.3 Å². The first-order valence-electron chi connectivity index (χ1n) is 13.9. The zero-order valence-electron chi connectivity index (χ0n) is 22.9. The summed E-state index contributed by atoms with van der Waals surface area (Å²) in [5.41, 5.74) is 4.57. The molecule has 0 atom stereocenters. The van der Waals surface area contributed by atoms with Gasteiger partial charge >= 0.3 is 5.97 Å². The van der Waals surface area contributed by atoms with Gasteiger partial charge in [0.05, 0.1) is 18.3 Å². The predicted molar refractivity (Wildman–Crippen MR) is 156 cm³/mol. The van der Waals surface area contributed by atoms with Crippen LogP contribution in [0, 0.1) is 0 Å². The van der Waals surface area contributed by atoms with Crippen LogP contribution in [0.15, 0.2) is 109 Å². The summed E-state index contributed by atoms with van der Waals surface area (Å²) in [6, 6.07) is 31.7. The van der Waals surface area contributed by atoms with E-state index in [4.69, 9.17) is 4.74 Å². The van der Waals surface area contributed by atoms with Gasteiger partial charge in [-0.1, -0.05) is 91.0 Å². The summed E-state index contributed by atoms with van der Waals surface area (Å²) in [6.07, 6.45) is 7.13. The lowest BCUT2D eigenvalue weighted by Crippen LogP contribution is -2.52. The molecule has 2 heterocycles. The van der Waals surface area contributed by atoms with E-state index in [-0.39, 0.29) is 11.8 Å². The number of rotatable bonds is 10. The summed E-state index contributed by atoms with van der Waals surface area (Å²) in [4.78, 5) is 27.3. The molecule has 0 N–H and O–H groups in total. The van der Waals surface area contributed by atoms with Crippen LogP contribution in [0.5, 0.6) is 0 Å². The first-order valence-corrected chi connectivity index (χ1v) is 13.9. The van der Waals surface area contributed by atoms with E-state index in [1.54, 1.807) is 6.20 Å². The van der Waals surface area contributed by atoms with Gasteiger partial charge in [-0.15, -0.1) is 0 Å². The molecule has 0 radical (unpaired) electrons. The Balaban J connectivity index is 1.48. The van der Waals surface area contributed by atoms with Crippen molar-refractivity contribution in [3.05, 3.63) is 131 Å². The Labute approximate surface area is 235 Å². The van der Waals surface area contributed by atoms with Gasteiger partial charge in [0.1, 0.15) is 0 Å². The minimum Gasteiger partial charge on any atom is -0.466 e. The lowest BCUT2D eigenvalue weighted by Gasteiger charge is -2.47. The second kappa shape index (κ2) is 12.7. The van der Waals surface area contributed by atoms with Gasteiger partial charge in [0, 0.05) is 49.8 Å². The number of hydrogen-bond acceptors (Lipinski definition) is 5. The molecule has 0 amide bonds. The maximum absolute atomic E-state index is 13.2. The molecule has 1 fully saturated rings. The summed E-state index contributed by atoms with van der Waals surface area (Å²) in [7, 11) is 0. The molecule has 1 aromatic heterocycles. The van der Waals surface area contributed by atoms with Crippen LogP contribution in [0.3, 0.4) is 0 Å². The Morgan fingerprint density at radius 2 is 1.50 bits per heavy atom. The molecule has 0 saturated carbocycles. The molecule has 5 rings (SSSR count). The molecule has 1 aliphatic rings. The number of hydrogen-bond donors (Lipinski definition) is 0. The zero-order valence-corrected chi connectivity index (χ0v) is 22.9. The summed E-state index contributed by atoms with van der Waals surface area (Å²) in [5.74, 6) is -0.0296. The van der Waals surface area contributed by atoms with Crippen LogP contribution in [-0.4, -0.2) is 46.1 Å². The van der Waals surface area contributed by atoms with Gasteiger partial charge in [-0.05, 0) is 36.1 Å². The maximum Gasteiger partial charge on any atom is 0.305 e. The topological polar surface area (TPSA) is 64.4 Å². The number of piperidine rings is 1. The molecule has 6 nitrogen and oxygen atoms in total. The zero-order chi connectivity index (χ0) is 27.8. The monoisotopic (exact) mass is 533 g/mol. The van der Waals surface area contributed by atoms with Crippen LogP contribution in [-0.2, 0) is 26.4 Å².